The molecule has 0 aromatic heterocycles. The number of azide groups is 4. The first-order chi connectivity index (χ1) is 28.8. The maximum absolute atomic E-state index is 13.7. The molecule has 60 heavy (non-hydrogen) atoms. The molecule has 3 fully saturated rings. The van der Waals surface area contributed by atoms with Gasteiger partial charge in [-0.3, -0.25) is 4.79 Å². The Labute approximate surface area is 339 Å². The molecule has 3 aliphatic rings. The van der Waals surface area contributed by atoms with Crippen LogP contribution in [0.3, 0.4) is 0 Å². The van der Waals surface area contributed by atoms with Crippen LogP contribution in [0.15, 0.2) is 81.1 Å². The van der Waals surface area contributed by atoms with Gasteiger partial charge in [0.1, 0.15) is 36.6 Å². The largest absolute Gasteiger partial charge is 0.459 e. The Morgan fingerprint density at radius 1 is 0.667 bits per heavy atom. The van der Waals surface area contributed by atoms with Gasteiger partial charge in [-0.25, -0.2) is 9.59 Å². The molecule has 5 rings (SSSR count). The second-order valence-electron chi connectivity index (χ2n) is 13.8. The lowest BCUT2D eigenvalue weighted by atomic mass is 9.83. The van der Waals surface area contributed by atoms with Crippen LogP contribution >= 0.6 is 0 Å². The highest BCUT2D eigenvalue weighted by atomic mass is 16.8. The van der Waals surface area contributed by atoms with Gasteiger partial charge in [0.25, 0.3) is 0 Å². The number of aliphatic hydroxyl groups excluding tert-OH is 3. The molecule has 3 N–H and O–H groups in total. The number of carbonyl (C=O) groups is 3. The monoisotopic (exact) mass is 836 g/mol. The molecule has 0 bridgehead atoms. The molecule has 5 unspecified atom stereocenters. The van der Waals surface area contributed by atoms with Gasteiger partial charge in [0, 0.05) is 26.6 Å². The maximum Gasteiger partial charge on any atom is 0.338 e. The van der Waals surface area contributed by atoms with Crippen LogP contribution in [0.4, 0.5) is 0 Å². The lowest BCUT2D eigenvalue weighted by Crippen LogP contribution is -2.64. The molecule has 25 nitrogen and oxygen atoms in total. The van der Waals surface area contributed by atoms with E-state index in [1.165, 1.54) is 38.1 Å². The number of benzene rings is 2. The first kappa shape index (κ1) is 44.9. The van der Waals surface area contributed by atoms with E-state index in [0.717, 1.165) is 6.92 Å². The van der Waals surface area contributed by atoms with Crippen molar-refractivity contribution < 1.29 is 62.9 Å². The third-order valence-electron chi connectivity index (χ3n) is 9.86. The Morgan fingerprint density at radius 3 is 1.70 bits per heavy atom. The third kappa shape index (κ3) is 10.3. The summed E-state index contributed by atoms with van der Waals surface area (Å²) < 4.78 is 42.3. The van der Waals surface area contributed by atoms with Gasteiger partial charge in [0.2, 0.25) is 0 Å². The summed E-state index contributed by atoms with van der Waals surface area (Å²) in [4.78, 5) is 51.2. The van der Waals surface area contributed by atoms with Gasteiger partial charge in [-0.05, 0) is 59.7 Å². The van der Waals surface area contributed by atoms with Gasteiger partial charge in [-0.2, -0.15) is 0 Å². The fraction of sp³-hybridized carbons (Fsp3) is 0.571. The molecule has 2 aromatic rings. The third-order valence-corrected chi connectivity index (χ3v) is 9.86. The molecule has 0 radical (unpaired) electrons. The lowest BCUT2D eigenvalue weighted by Gasteiger charge is -2.48. The van der Waals surface area contributed by atoms with Crippen molar-refractivity contribution in [2.45, 2.75) is 125 Å². The van der Waals surface area contributed by atoms with Crippen molar-refractivity contribution in [2.75, 3.05) is 0 Å². The van der Waals surface area contributed by atoms with Crippen molar-refractivity contribution in [2.24, 2.45) is 20.5 Å². The molecule has 2 aliphatic heterocycles. The highest BCUT2D eigenvalue weighted by Gasteiger charge is 2.58. The molecule has 1 aliphatic carbocycles. The van der Waals surface area contributed by atoms with Gasteiger partial charge >= 0.3 is 17.9 Å². The lowest BCUT2D eigenvalue weighted by molar-refractivity contribution is -0.315. The standard InChI is InChI=1S/C35H40N12O13/c1-15(40-44-36)25-29(55-32(52)18-10-6-4-7-11-18)31(56-33(53)19-12-8-5-9-13-19)35(57-25)60-30-27(54-17(3)49)20(41-45-37)14-21(42-46-38)28(30)59-34-22(43-47-39)23(50)24(51)26(58-34)16(2)48/h4-13,15-16,20-31,34-35,48,50-51H,14H2,1-3H3/t15-,16-,20-,21?,22?,23-,24+,25-,26?,27-,28-,29?,30?,31+,34-,35+/m1/s1. The zero-order valence-corrected chi connectivity index (χ0v) is 32.0. The zero-order chi connectivity index (χ0) is 43.5. The predicted octanol–water partition coefficient (Wildman–Crippen LogP) is 3.83. The average molecular weight is 837 g/mol. The molecule has 16 atom stereocenters. The number of ether oxygens (including phenoxy) is 7. The quantitative estimate of drug-likeness (QED) is 0.0756. The van der Waals surface area contributed by atoms with Crippen LogP contribution in [0, 0.1) is 0 Å². The summed E-state index contributed by atoms with van der Waals surface area (Å²) in [5, 5.41) is 46.9. The summed E-state index contributed by atoms with van der Waals surface area (Å²) in [7, 11) is 0. The number of hydrogen-bond donors (Lipinski definition) is 3. The van der Waals surface area contributed by atoms with Crippen molar-refractivity contribution in [3.05, 3.63) is 114 Å². The van der Waals surface area contributed by atoms with Crippen LogP contribution in [0.2, 0.25) is 0 Å². The Hall–Kier alpha value is -6.19. The van der Waals surface area contributed by atoms with Crippen molar-refractivity contribution in [3.8, 4) is 0 Å². The predicted molar refractivity (Wildman–Crippen MR) is 200 cm³/mol. The van der Waals surface area contributed by atoms with Gasteiger partial charge in [0.15, 0.2) is 24.8 Å². The number of hydrogen-bond acceptors (Lipinski definition) is 17. The van der Waals surface area contributed by atoms with Gasteiger partial charge in [0.05, 0.1) is 47.6 Å². The van der Waals surface area contributed by atoms with E-state index in [1.54, 1.807) is 36.4 Å². The SMILES string of the molecule is CC(=O)O[C@H]1C(O[C@@H]2O[C@H]([C@@H](C)N=[N+]=[N-])C(OC(=O)c3ccccc3)[C@@H]2OC(=O)c2ccccc2)[C@H](O[C@H]2OC([C@@H](C)O)[C@@H](O)[C@H](O)C2N=[N+]=[N-])C(N=[N+]=[N-])C[C@H]1N=[N+]=[N-]. The van der Waals surface area contributed by atoms with Crippen LogP contribution in [0.25, 0.3) is 41.8 Å². The van der Waals surface area contributed by atoms with Gasteiger partial charge in [-0.15, -0.1) is 0 Å². The second-order valence-corrected chi connectivity index (χ2v) is 13.8. The Bertz CT molecular complexity index is 2030. The van der Waals surface area contributed by atoms with E-state index in [9.17, 15) is 51.8 Å². The van der Waals surface area contributed by atoms with E-state index in [1.807, 2.05) is 0 Å². The number of carbonyl (C=O) groups excluding carboxylic acids is 3. The molecule has 2 aromatic carbocycles. The van der Waals surface area contributed by atoms with E-state index >= 15 is 0 Å². The smallest absolute Gasteiger partial charge is 0.338 e. The van der Waals surface area contributed by atoms with E-state index in [2.05, 4.69) is 40.1 Å². The molecular weight excluding hydrogens is 796 g/mol. The van der Waals surface area contributed by atoms with Crippen molar-refractivity contribution in [3.63, 3.8) is 0 Å². The first-order valence-corrected chi connectivity index (χ1v) is 18.4. The first-order valence-electron chi connectivity index (χ1n) is 18.4. The Kier molecular flexibility index (Phi) is 15.5. The van der Waals surface area contributed by atoms with Crippen LogP contribution in [0.5, 0.6) is 0 Å². The minimum atomic E-state index is -1.89. The highest BCUT2D eigenvalue weighted by Crippen LogP contribution is 2.39. The van der Waals surface area contributed by atoms with Crippen LogP contribution in [-0.2, 0) is 38.0 Å². The van der Waals surface area contributed by atoms with E-state index in [0.29, 0.717) is 0 Å². The number of aliphatic hydroxyl groups is 3. The summed E-state index contributed by atoms with van der Waals surface area (Å²) in [6.07, 6.45) is -20.5. The van der Waals surface area contributed by atoms with E-state index in [-0.39, 0.29) is 17.5 Å². The molecule has 318 valence electrons. The molecule has 1 saturated carbocycles. The minimum Gasteiger partial charge on any atom is -0.459 e. The van der Waals surface area contributed by atoms with Crippen molar-refractivity contribution >= 4 is 17.9 Å². The summed E-state index contributed by atoms with van der Waals surface area (Å²) in [6, 6.07) is 9.73. The fourth-order valence-electron chi connectivity index (χ4n) is 7.12. The summed E-state index contributed by atoms with van der Waals surface area (Å²) in [6.45, 7) is 3.69. The number of nitrogens with zero attached hydrogens (tertiary/aromatic N) is 12. The summed E-state index contributed by atoms with van der Waals surface area (Å²) in [5.74, 6) is -2.78. The van der Waals surface area contributed by atoms with E-state index < -0.39 is 116 Å². The van der Waals surface area contributed by atoms with Gasteiger partial charge in [-0.1, -0.05) is 63.8 Å². The topological polar surface area (TPSA) is 372 Å². The van der Waals surface area contributed by atoms with Crippen molar-refractivity contribution in [1.82, 2.24) is 0 Å². The highest BCUT2D eigenvalue weighted by molar-refractivity contribution is 5.90. The Balaban J connectivity index is 1.65. The van der Waals surface area contributed by atoms with E-state index in [4.69, 9.17) is 33.2 Å². The molecule has 0 amide bonds. The molecule has 25 heteroatoms. The fourth-order valence-corrected chi connectivity index (χ4v) is 7.12. The normalized spacial score (nSPS) is 33.2. The van der Waals surface area contributed by atoms with Crippen LogP contribution in [-0.4, -0.2) is 131 Å². The average Bonchev–Trinajstić information content (AvgIpc) is 3.55. The molecular formula is C35H40N12O13. The summed E-state index contributed by atoms with van der Waals surface area (Å²) >= 11 is 0. The molecule has 2 heterocycles. The number of rotatable bonds is 15. The van der Waals surface area contributed by atoms with Gasteiger partial charge < -0.3 is 48.5 Å². The second kappa shape index (κ2) is 20.7. The zero-order valence-electron chi connectivity index (χ0n) is 32.0. The van der Waals surface area contributed by atoms with Crippen LogP contribution in [0.1, 0.15) is 47.9 Å². The maximum atomic E-state index is 13.7. The molecule has 0 spiro atoms. The molecule has 2 saturated heterocycles. The minimum absolute atomic E-state index is 0.0476. The van der Waals surface area contributed by atoms with Crippen molar-refractivity contribution in [1.29, 1.82) is 0 Å². The summed E-state index contributed by atoms with van der Waals surface area (Å²) in [5.41, 5.74) is 38.1. The van der Waals surface area contributed by atoms with Crippen LogP contribution < -0.4 is 0 Å². The number of esters is 3. The Morgan fingerprint density at radius 2 is 1.18 bits per heavy atom.